The van der Waals surface area contributed by atoms with E-state index in [2.05, 4.69) is 15.6 Å². The van der Waals surface area contributed by atoms with Gasteiger partial charge in [-0.05, 0) is 42.5 Å². The van der Waals surface area contributed by atoms with Gasteiger partial charge in [0, 0.05) is 28.7 Å². The van der Waals surface area contributed by atoms with E-state index >= 15 is 0 Å². The van der Waals surface area contributed by atoms with E-state index in [1.807, 2.05) is 18.2 Å². The minimum Gasteiger partial charge on any atom is -0.496 e. The Morgan fingerprint density at radius 2 is 1.57 bits per heavy atom. The van der Waals surface area contributed by atoms with Crippen LogP contribution in [0.25, 0.3) is 0 Å². The first kappa shape index (κ1) is 21.2. The molecule has 0 bridgehead atoms. The van der Waals surface area contributed by atoms with Gasteiger partial charge in [0.05, 0.1) is 20.0 Å². The number of nitrogens with one attached hydrogen (secondary N) is 2. The molecule has 8 heteroatoms. The zero-order chi connectivity index (χ0) is 21.3. The number of nitrogens with zero attached hydrogens (tertiary/aromatic N) is 1. The number of carbonyl (C=O) groups excluding carboxylic acids is 2. The lowest BCUT2D eigenvalue weighted by molar-refractivity contribution is -0.113. The summed E-state index contributed by atoms with van der Waals surface area (Å²) in [5.74, 6) is 0.608. The Morgan fingerprint density at radius 3 is 2.23 bits per heavy atom. The second-order valence-electron chi connectivity index (χ2n) is 6.09. The number of hydrogen-bond donors (Lipinski definition) is 2. The minimum atomic E-state index is -0.345. The van der Waals surface area contributed by atoms with Crippen molar-refractivity contribution in [2.45, 2.75) is 4.90 Å². The van der Waals surface area contributed by atoms with Crippen LogP contribution < -0.4 is 20.1 Å². The van der Waals surface area contributed by atoms with Crippen LogP contribution in [0.5, 0.6) is 11.5 Å². The lowest BCUT2D eigenvalue weighted by atomic mass is 10.1. The molecule has 3 aromatic rings. The molecule has 0 atom stereocenters. The highest BCUT2D eigenvalue weighted by Crippen LogP contribution is 2.29. The summed E-state index contributed by atoms with van der Waals surface area (Å²) >= 11 is 1.37. The van der Waals surface area contributed by atoms with Crippen molar-refractivity contribution in [1.82, 2.24) is 4.98 Å². The van der Waals surface area contributed by atoms with Gasteiger partial charge in [0.1, 0.15) is 17.1 Å². The molecule has 30 heavy (non-hydrogen) atoms. The minimum absolute atomic E-state index is 0.126. The van der Waals surface area contributed by atoms with Crippen LogP contribution in [0.3, 0.4) is 0 Å². The van der Waals surface area contributed by atoms with Crippen molar-refractivity contribution in [2.75, 3.05) is 30.6 Å². The Balaban J connectivity index is 1.64. The molecule has 0 fully saturated rings. The molecular weight excluding hydrogens is 402 g/mol. The summed E-state index contributed by atoms with van der Waals surface area (Å²) in [6.07, 6.45) is 3.23. The molecule has 1 heterocycles. The first-order chi connectivity index (χ1) is 14.6. The second-order valence-corrected chi connectivity index (χ2v) is 7.14. The van der Waals surface area contributed by atoms with Gasteiger partial charge in [0.15, 0.2) is 0 Å². The van der Waals surface area contributed by atoms with E-state index in [1.165, 1.54) is 26.0 Å². The molecule has 2 N–H and O–H groups in total. The summed E-state index contributed by atoms with van der Waals surface area (Å²) in [6.45, 7) is 0. The fourth-order valence-electron chi connectivity index (χ4n) is 2.71. The highest BCUT2D eigenvalue weighted by molar-refractivity contribution is 8.00. The molecule has 3 rings (SSSR count). The molecule has 7 nitrogen and oxygen atoms in total. The van der Waals surface area contributed by atoms with Crippen molar-refractivity contribution in [3.8, 4) is 11.5 Å². The zero-order valence-corrected chi connectivity index (χ0v) is 17.4. The highest BCUT2D eigenvalue weighted by Gasteiger charge is 2.18. The van der Waals surface area contributed by atoms with Gasteiger partial charge in [-0.15, -0.1) is 11.8 Å². The number of benzene rings is 2. The molecule has 0 aliphatic heterocycles. The normalized spacial score (nSPS) is 10.2. The Morgan fingerprint density at radius 1 is 0.900 bits per heavy atom. The predicted molar refractivity (Wildman–Crippen MR) is 118 cm³/mol. The number of ether oxygens (including phenoxy) is 2. The zero-order valence-electron chi connectivity index (χ0n) is 16.5. The number of methoxy groups -OCH3 is 2. The predicted octanol–water partition coefficient (Wildman–Crippen LogP) is 4.08. The molecular formula is C22H21N3O4S. The molecule has 2 amide bonds. The Bertz CT molecular complexity index is 1010. The average Bonchev–Trinajstić information content (AvgIpc) is 2.78. The Kier molecular flexibility index (Phi) is 7.29. The van der Waals surface area contributed by atoms with E-state index in [4.69, 9.17) is 9.47 Å². The smallest absolute Gasteiger partial charge is 0.263 e. The van der Waals surface area contributed by atoms with Crippen molar-refractivity contribution in [1.29, 1.82) is 0 Å². The van der Waals surface area contributed by atoms with Crippen LogP contribution in [-0.2, 0) is 4.79 Å². The number of pyridine rings is 1. The van der Waals surface area contributed by atoms with E-state index in [0.29, 0.717) is 28.4 Å². The number of hydrogen-bond acceptors (Lipinski definition) is 6. The van der Waals surface area contributed by atoms with Crippen LogP contribution in [0.2, 0.25) is 0 Å². The summed E-state index contributed by atoms with van der Waals surface area (Å²) < 4.78 is 10.6. The number of amides is 2. The lowest BCUT2D eigenvalue weighted by Crippen LogP contribution is -2.15. The van der Waals surface area contributed by atoms with Gasteiger partial charge in [0.2, 0.25) is 5.91 Å². The van der Waals surface area contributed by atoms with Crippen LogP contribution in [-0.4, -0.2) is 36.8 Å². The van der Waals surface area contributed by atoms with Crippen LogP contribution >= 0.6 is 11.8 Å². The van der Waals surface area contributed by atoms with Gasteiger partial charge in [0.25, 0.3) is 5.91 Å². The van der Waals surface area contributed by atoms with Crippen LogP contribution in [0.15, 0.2) is 71.9 Å². The first-order valence-corrected chi connectivity index (χ1v) is 10.0. The SMILES string of the molecule is COc1cccc(OC)c1C(=O)Nc1cccc(SCC(=O)Nc2ccncc2)c1. The Labute approximate surface area is 178 Å². The van der Waals surface area contributed by atoms with Crippen LogP contribution in [0, 0.1) is 0 Å². The van der Waals surface area contributed by atoms with E-state index < -0.39 is 0 Å². The summed E-state index contributed by atoms with van der Waals surface area (Å²) in [5, 5.41) is 5.66. The van der Waals surface area contributed by atoms with Crippen molar-refractivity contribution in [3.05, 3.63) is 72.6 Å². The first-order valence-electron chi connectivity index (χ1n) is 9.06. The number of thioether (sulfide) groups is 1. The molecule has 1 aromatic heterocycles. The summed E-state index contributed by atoms with van der Waals surface area (Å²) in [7, 11) is 3.00. The number of carbonyl (C=O) groups is 2. The van der Waals surface area contributed by atoms with Gasteiger partial charge < -0.3 is 20.1 Å². The average molecular weight is 423 g/mol. The highest BCUT2D eigenvalue weighted by atomic mass is 32.2. The molecule has 0 unspecified atom stereocenters. The standard InChI is InChI=1S/C22H21N3O4S/c1-28-18-7-4-8-19(29-2)21(18)22(27)25-16-5-3-6-17(13-16)30-14-20(26)24-15-9-11-23-12-10-15/h3-13H,14H2,1-2H3,(H,25,27)(H,23,24,26). The monoisotopic (exact) mass is 423 g/mol. The van der Waals surface area contributed by atoms with Crippen molar-refractivity contribution < 1.29 is 19.1 Å². The van der Waals surface area contributed by atoms with Crippen molar-refractivity contribution in [3.63, 3.8) is 0 Å². The number of aromatic nitrogens is 1. The summed E-state index contributed by atoms with van der Waals surface area (Å²) in [4.78, 5) is 29.7. The van der Waals surface area contributed by atoms with Gasteiger partial charge in [-0.2, -0.15) is 0 Å². The molecule has 154 valence electrons. The lowest BCUT2D eigenvalue weighted by Gasteiger charge is -2.13. The van der Waals surface area contributed by atoms with Crippen LogP contribution in [0.1, 0.15) is 10.4 Å². The third-order valence-corrected chi connectivity index (χ3v) is 5.07. The van der Waals surface area contributed by atoms with E-state index in [0.717, 1.165) is 4.90 Å². The van der Waals surface area contributed by atoms with Gasteiger partial charge in [-0.1, -0.05) is 12.1 Å². The molecule has 0 saturated carbocycles. The maximum atomic E-state index is 12.8. The quantitative estimate of drug-likeness (QED) is 0.531. The topological polar surface area (TPSA) is 89.5 Å². The third kappa shape index (κ3) is 5.51. The maximum absolute atomic E-state index is 12.8. The fourth-order valence-corrected chi connectivity index (χ4v) is 3.47. The van der Waals surface area contributed by atoms with E-state index in [1.54, 1.807) is 48.8 Å². The van der Waals surface area contributed by atoms with Crippen LogP contribution in [0.4, 0.5) is 11.4 Å². The maximum Gasteiger partial charge on any atom is 0.263 e. The number of rotatable bonds is 8. The largest absolute Gasteiger partial charge is 0.496 e. The van der Waals surface area contributed by atoms with Gasteiger partial charge >= 0.3 is 0 Å². The second kappa shape index (κ2) is 10.3. The molecule has 0 saturated heterocycles. The van der Waals surface area contributed by atoms with E-state index in [-0.39, 0.29) is 17.6 Å². The van der Waals surface area contributed by atoms with E-state index in [9.17, 15) is 9.59 Å². The molecule has 0 spiro atoms. The molecule has 0 radical (unpaired) electrons. The van der Waals surface area contributed by atoms with Crippen molar-refractivity contribution in [2.24, 2.45) is 0 Å². The van der Waals surface area contributed by atoms with Gasteiger partial charge in [-0.3, -0.25) is 14.6 Å². The van der Waals surface area contributed by atoms with Crippen molar-refractivity contribution >= 4 is 35.0 Å². The molecule has 0 aliphatic carbocycles. The summed E-state index contributed by atoms with van der Waals surface area (Å²) in [6, 6.07) is 15.9. The fraction of sp³-hybridized carbons (Fsp3) is 0.136. The Hall–Kier alpha value is -3.52. The summed E-state index contributed by atoms with van der Waals surface area (Å²) in [5.41, 5.74) is 1.62. The third-order valence-electron chi connectivity index (χ3n) is 4.08. The van der Waals surface area contributed by atoms with Gasteiger partial charge in [-0.25, -0.2) is 0 Å². The molecule has 0 aliphatic rings. The molecule has 2 aromatic carbocycles. The number of anilines is 2.